The highest BCUT2D eigenvalue weighted by molar-refractivity contribution is 7.91. The van der Waals surface area contributed by atoms with Crippen molar-refractivity contribution in [1.82, 2.24) is 0 Å². The fourth-order valence-electron chi connectivity index (χ4n) is 2.95. The summed E-state index contributed by atoms with van der Waals surface area (Å²) in [7, 11) is -3.51. The molecule has 9 heteroatoms. The van der Waals surface area contributed by atoms with Crippen LogP contribution in [0.3, 0.4) is 0 Å². The Bertz CT molecular complexity index is 944. The van der Waals surface area contributed by atoms with E-state index in [1.165, 1.54) is 19.2 Å². The summed E-state index contributed by atoms with van der Waals surface area (Å²) in [5.74, 6) is -3.73. The molecule has 2 aromatic rings. The fraction of sp³-hybridized carbons (Fsp3) is 0.294. The first-order chi connectivity index (χ1) is 12.2. The Hall–Kier alpha value is -2.26. The van der Waals surface area contributed by atoms with E-state index in [-0.39, 0.29) is 35.7 Å². The van der Waals surface area contributed by atoms with Crippen LogP contribution in [0.15, 0.2) is 35.2 Å². The van der Waals surface area contributed by atoms with Crippen LogP contribution in [0, 0.1) is 5.82 Å². The van der Waals surface area contributed by atoms with Gasteiger partial charge in [0, 0.05) is 29.3 Å². The van der Waals surface area contributed by atoms with Crippen LogP contribution in [0.25, 0.3) is 0 Å². The van der Waals surface area contributed by atoms with Crippen LogP contribution in [-0.2, 0) is 16.3 Å². The summed E-state index contributed by atoms with van der Waals surface area (Å²) in [6.07, 6.45) is -0.780. The standard InChI is InChI=1S/C17H15F3O5S/c1-24-10-6-9(18)7-11(8-10)25-14-4-5-15(26(22,23)17(19)20)16-12(14)2-3-13(16)21/h4-8,13,17,21H,2-3H2,1H3. The van der Waals surface area contributed by atoms with Gasteiger partial charge in [0.1, 0.15) is 23.1 Å². The lowest BCUT2D eigenvalue weighted by Crippen LogP contribution is -2.15. The van der Waals surface area contributed by atoms with Gasteiger partial charge in [0.15, 0.2) is 0 Å². The quantitative estimate of drug-likeness (QED) is 0.847. The second-order valence-corrected chi connectivity index (χ2v) is 7.63. The fourth-order valence-corrected chi connectivity index (χ4v) is 3.97. The van der Waals surface area contributed by atoms with Crippen molar-refractivity contribution in [2.45, 2.75) is 29.6 Å². The molecule has 0 spiro atoms. The number of ether oxygens (including phenoxy) is 2. The number of alkyl halides is 2. The summed E-state index contributed by atoms with van der Waals surface area (Å²) < 4.78 is 73.7. The van der Waals surface area contributed by atoms with E-state index in [2.05, 4.69) is 0 Å². The van der Waals surface area contributed by atoms with Crippen molar-refractivity contribution in [3.63, 3.8) is 0 Å². The molecule has 1 N–H and O–H groups in total. The molecule has 1 aliphatic carbocycles. The van der Waals surface area contributed by atoms with Gasteiger partial charge in [-0.3, -0.25) is 0 Å². The third-order valence-corrected chi connectivity index (χ3v) is 5.56. The Morgan fingerprint density at radius 1 is 1.19 bits per heavy atom. The molecule has 0 saturated heterocycles. The van der Waals surface area contributed by atoms with Crippen molar-refractivity contribution in [1.29, 1.82) is 0 Å². The van der Waals surface area contributed by atoms with Crippen LogP contribution >= 0.6 is 0 Å². The average Bonchev–Trinajstić information content (AvgIpc) is 2.96. The molecule has 0 radical (unpaired) electrons. The molecular formula is C17H15F3O5S. The lowest BCUT2D eigenvalue weighted by atomic mass is 10.1. The van der Waals surface area contributed by atoms with Gasteiger partial charge in [0.05, 0.1) is 18.1 Å². The summed E-state index contributed by atoms with van der Waals surface area (Å²) in [4.78, 5) is -0.614. The van der Waals surface area contributed by atoms with E-state index >= 15 is 0 Å². The number of fused-ring (bicyclic) bond motifs is 1. The number of sulfone groups is 1. The Morgan fingerprint density at radius 3 is 2.54 bits per heavy atom. The van der Waals surface area contributed by atoms with Crippen molar-refractivity contribution in [3.05, 3.63) is 47.3 Å². The van der Waals surface area contributed by atoms with E-state index in [9.17, 15) is 26.7 Å². The molecule has 140 valence electrons. The van der Waals surface area contributed by atoms with E-state index in [0.717, 1.165) is 18.2 Å². The van der Waals surface area contributed by atoms with Crippen molar-refractivity contribution < 1.29 is 36.2 Å². The number of methoxy groups -OCH3 is 1. The van der Waals surface area contributed by atoms with Crippen molar-refractivity contribution >= 4 is 9.84 Å². The van der Waals surface area contributed by atoms with Gasteiger partial charge >= 0.3 is 5.76 Å². The Balaban J connectivity index is 2.08. The third kappa shape index (κ3) is 3.24. The largest absolute Gasteiger partial charge is 0.497 e. The summed E-state index contributed by atoms with van der Waals surface area (Å²) in [6, 6.07) is 5.87. The predicted molar refractivity (Wildman–Crippen MR) is 85.9 cm³/mol. The zero-order valence-corrected chi connectivity index (χ0v) is 14.4. The number of aliphatic hydroxyl groups excluding tert-OH is 1. The van der Waals surface area contributed by atoms with Crippen molar-refractivity contribution in [2.75, 3.05) is 7.11 Å². The highest BCUT2D eigenvalue weighted by Gasteiger charge is 2.36. The molecule has 3 rings (SSSR count). The minimum absolute atomic E-state index is 0.0915. The average molecular weight is 388 g/mol. The lowest BCUT2D eigenvalue weighted by molar-refractivity contribution is 0.176. The second-order valence-electron chi connectivity index (χ2n) is 5.74. The van der Waals surface area contributed by atoms with E-state index in [1.54, 1.807) is 0 Å². The topological polar surface area (TPSA) is 72.8 Å². The van der Waals surface area contributed by atoms with Crippen LogP contribution in [-0.4, -0.2) is 26.4 Å². The van der Waals surface area contributed by atoms with Crippen LogP contribution in [0.5, 0.6) is 17.2 Å². The van der Waals surface area contributed by atoms with Crippen molar-refractivity contribution in [2.24, 2.45) is 0 Å². The van der Waals surface area contributed by atoms with Gasteiger partial charge < -0.3 is 14.6 Å². The molecule has 0 amide bonds. The van der Waals surface area contributed by atoms with Crippen LogP contribution < -0.4 is 9.47 Å². The first-order valence-corrected chi connectivity index (χ1v) is 9.17. The minimum atomic E-state index is -4.87. The van der Waals surface area contributed by atoms with Gasteiger partial charge in [-0.25, -0.2) is 12.8 Å². The van der Waals surface area contributed by atoms with E-state index < -0.39 is 32.4 Å². The number of rotatable bonds is 5. The van der Waals surface area contributed by atoms with Gasteiger partial charge in [0.2, 0.25) is 9.84 Å². The lowest BCUT2D eigenvalue weighted by Gasteiger charge is -2.16. The van der Waals surface area contributed by atoms with E-state index in [1.807, 2.05) is 0 Å². The Kier molecular flexibility index (Phi) is 4.85. The van der Waals surface area contributed by atoms with Gasteiger partial charge in [0.25, 0.3) is 0 Å². The first-order valence-electron chi connectivity index (χ1n) is 7.62. The zero-order chi connectivity index (χ0) is 19.1. The predicted octanol–water partition coefficient (Wildman–Crippen LogP) is 3.60. The normalized spacial score (nSPS) is 16.6. The van der Waals surface area contributed by atoms with Gasteiger partial charge in [-0.2, -0.15) is 8.78 Å². The summed E-state index contributed by atoms with van der Waals surface area (Å²) >= 11 is 0. The summed E-state index contributed by atoms with van der Waals surface area (Å²) in [5, 5.41) is 10.1. The van der Waals surface area contributed by atoms with Gasteiger partial charge in [-0.05, 0) is 25.0 Å². The summed E-state index contributed by atoms with van der Waals surface area (Å²) in [6.45, 7) is 0. The smallest absolute Gasteiger partial charge is 0.341 e. The molecule has 1 aliphatic rings. The molecule has 2 aromatic carbocycles. The molecule has 26 heavy (non-hydrogen) atoms. The molecule has 0 aromatic heterocycles. The monoisotopic (exact) mass is 388 g/mol. The minimum Gasteiger partial charge on any atom is -0.497 e. The Labute approximate surface area is 147 Å². The molecule has 0 fully saturated rings. The maximum atomic E-state index is 13.6. The van der Waals surface area contributed by atoms with Crippen LogP contribution in [0.2, 0.25) is 0 Å². The number of aliphatic hydroxyl groups is 1. The number of hydrogen-bond donors (Lipinski definition) is 1. The first kappa shape index (κ1) is 18.5. The molecule has 0 heterocycles. The van der Waals surface area contributed by atoms with Crippen LogP contribution in [0.4, 0.5) is 13.2 Å². The maximum absolute atomic E-state index is 13.6. The molecule has 0 bridgehead atoms. The SMILES string of the molecule is COc1cc(F)cc(Oc2ccc(S(=O)(=O)C(F)F)c3c2CCC3O)c1. The summed E-state index contributed by atoms with van der Waals surface area (Å²) in [5.41, 5.74) is 0.216. The number of benzene rings is 2. The van der Waals surface area contributed by atoms with Crippen LogP contribution in [0.1, 0.15) is 23.7 Å². The highest BCUT2D eigenvalue weighted by Crippen LogP contribution is 2.43. The zero-order valence-electron chi connectivity index (χ0n) is 13.6. The molecular weight excluding hydrogens is 373 g/mol. The molecule has 0 saturated carbocycles. The van der Waals surface area contributed by atoms with Crippen molar-refractivity contribution in [3.8, 4) is 17.2 Å². The van der Waals surface area contributed by atoms with E-state index in [0.29, 0.717) is 5.56 Å². The molecule has 1 atom stereocenters. The second kappa shape index (κ2) is 6.81. The van der Waals surface area contributed by atoms with Gasteiger partial charge in [-0.15, -0.1) is 0 Å². The molecule has 1 unspecified atom stereocenters. The maximum Gasteiger partial charge on any atom is 0.341 e. The Morgan fingerprint density at radius 2 is 1.88 bits per heavy atom. The molecule has 0 aliphatic heterocycles. The third-order valence-electron chi connectivity index (χ3n) is 4.12. The number of halogens is 3. The number of hydrogen-bond acceptors (Lipinski definition) is 5. The van der Waals surface area contributed by atoms with Gasteiger partial charge in [-0.1, -0.05) is 0 Å². The highest BCUT2D eigenvalue weighted by atomic mass is 32.2. The van der Waals surface area contributed by atoms with E-state index in [4.69, 9.17) is 9.47 Å². The molecule has 5 nitrogen and oxygen atoms in total.